The third-order valence-electron chi connectivity index (χ3n) is 1.32. The predicted octanol–water partition coefficient (Wildman–Crippen LogP) is 2.26. The van der Waals surface area contributed by atoms with Gasteiger partial charge in [-0.2, -0.15) is 11.8 Å². The van der Waals surface area contributed by atoms with Crippen molar-refractivity contribution in [3.63, 3.8) is 0 Å². The second-order valence-corrected chi connectivity index (χ2v) is 3.28. The molecule has 0 aliphatic carbocycles. The van der Waals surface area contributed by atoms with E-state index < -0.39 is 0 Å². The summed E-state index contributed by atoms with van der Waals surface area (Å²) in [5.74, 6) is 3.18. The van der Waals surface area contributed by atoms with Crippen molar-refractivity contribution in [1.29, 1.82) is 0 Å². The first-order valence-electron chi connectivity index (χ1n) is 3.81. The van der Waals surface area contributed by atoms with Crippen LogP contribution in [0.4, 0.5) is 0 Å². The Morgan fingerprint density at radius 2 is 2.64 bits per heavy atom. The maximum Gasteiger partial charge on any atom is 0.116 e. The number of unbranched alkanes of at least 4 members (excludes halogenated alkanes) is 1. The fraction of sp³-hybridized carbons (Fsp3) is 0.500. The van der Waals surface area contributed by atoms with Crippen molar-refractivity contribution in [3.8, 4) is 0 Å². The first kappa shape index (κ1) is 8.65. The summed E-state index contributed by atoms with van der Waals surface area (Å²) in [6, 6.07) is 0. The van der Waals surface area contributed by atoms with Gasteiger partial charge in [0.1, 0.15) is 5.82 Å². The molecule has 0 atom stereocenters. The molecule has 1 radical (unpaired) electrons. The van der Waals surface area contributed by atoms with E-state index in [0.717, 1.165) is 23.8 Å². The van der Waals surface area contributed by atoms with E-state index in [-0.39, 0.29) is 0 Å². The summed E-state index contributed by atoms with van der Waals surface area (Å²) in [6.07, 6.45) is 7.08. The van der Waals surface area contributed by atoms with E-state index in [0.29, 0.717) is 0 Å². The number of hydrogen-bond donors (Lipinski definition) is 1. The Kier molecular flexibility index (Phi) is 4.12. The molecule has 0 fully saturated rings. The molecule has 1 rings (SSSR count). The lowest BCUT2D eigenvalue weighted by Gasteiger charge is -1.95. The fourth-order valence-corrected chi connectivity index (χ4v) is 1.61. The van der Waals surface area contributed by atoms with Crippen molar-refractivity contribution < 1.29 is 0 Å². The number of hydrogen-bond acceptors (Lipinski definition) is 2. The Balaban J connectivity index is 2.04. The van der Waals surface area contributed by atoms with Crippen LogP contribution in [0, 0.1) is 6.42 Å². The van der Waals surface area contributed by atoms with Crippen molar-refractivity contribution in [2.45, 2.75) is 19.1 Å². The van der Waals surface area contributed by atoms with E-state index >= 15 is 0 Å². The van der Waals surface area contributed by atoms with Gasteiger partial charge < -0.3 is 4.98 Å². The molecule has 0 bridgehead atoms. The van der Waals surface area contributed by atoms with Crippen molar-refractivity contribution in [1.82, 2.24) is 9.97 Å². The van der Waals surface area contributed by atoms with Crippen LogP contribution in [0.5, 0.6) is 0 Å². The second-order valence-electron chi connectivity index (χ2n) is 2.25. The zero-order valence-corrected chi connectivity index (χ0v) is 7.53. The Morgan fingerprint density at radius 1 is 1.73 bits per heavy atom. The van der Waals surface area contributed by atoms with Crippen molar-refractivity contribution in [2.24, 2.45) is 0 Å². The summed E-state index contributed by atoms with van der Waals surface area (Å²) in [5.41, 5.74) is 0. The summed E-state index contributed by atoms with van der Waals surface area (Å²) in [6.45, 7) is 2.16. The Hall–Kier alpha value is -0.440. The molecule has 3 heteroatoms. The van der Waals surface area contributed by atoms with Crippen LogP contribution < -0.4 is 0 Å². The highest BCUT2D eigenvalue weighted by atomic mass is 32.2. The number of H-pyrrole nitrogens is 1. The zero-order chi connectivity index (χ0) is 7.94. The average molecular weight is 169 g/mol. The van der Waals surface area contributed by atoms with Crippen LogP contribution in [-0.4, -0.2) is 15.7 Å². The van der Waals surface area contributed by atoms with Gasteiger partial charge in [0.15, 0.2) is 0 Å². The Morgan fingerprint density at radius 3 is 3.27 bits per heavy atom. The molecule has 11 heavy (non-hydrogen) atoms. The van der Waals surface area contributed by atoms with E-state index in [9.17, 15) is 0 Å². The fourth-order valence-electron chi connectivity index (χ4n) is 0.734. The van der Waals surface area contributed by atoms with Gasteiger partial charge in [0.05, 0.1) is 5.75 Å². The minimum absolute atomic E-state index is 0.990. The van der Waals surface area contributed by atoms with Gasteiger partial charge >= 0.3 is 0 Å². The second kappa shape index (κ2) is 5.24. The van der Waals surface area contributed by atoms with Crippen LogP contribution in [0.2, 0.25) is 0 Å². The van der Waals surface area contributed by atoms with Gasteiger partial charge in [-0.25, -0.2) is 4.98 Å². The van der Waals surface area contributed by atoms with E-state index in [1.165, 1.54) is 0 Å². The van der Waals surface area contributed by atoms with Gasteiger partial charge in [0.2, 0.25) is 0 Å². The van der Waals surface area contributed by atoms with Gasteiger partial charge in [-0.1, -0.05) is 13.3 Å². The molecule has 0 unspecified atom stereocenters. The van der Waals surface area contributed by atoms with Crippen molar-refractivity contribution >= 4 is 11.8 Å². The van der Waals surface area contributed by atoms with Gasteiger partial charge in [-0.3, -0.25) is 0 Å². The van der Waals surface area contributed by atoms with Crippen molar-refractivity contribution in [3.05, 3.63) is 24.6 Å². The molecule has 0 saturated heterocycles. The molecule has 1 heterocycles. The van der Waals surface area contributed by atoms with Gasteiger partial charge in [0, 0.05) is 12.4 Å². The maximum atomic E-state index is 4.12. The highest BCUT2D eigenvalue weighted by molar-refractivity contribution is 7.98. The zero-order valence-electron chi connectivity index (χ0n) is 6.71. The maximum absolute atomic E-state index is 4.12. The molecule has 1 N–H and O–H groups in total. The Bertz CT molecular complexity index is 172. The minimum Gasteiger partial charge on any atom is -0.348 e. The number of aromatic nitrogens is 2. The molecule has 1 aromatic rings. The number of nitrogens with zero attached hydrogens (tertiary/aromatic N) is 1. The summed E-state index contributed by atoms with van der Waals surface area (Å²) >= 11 is 1.89. The molecular formula is C8H13N2S. The van der Waals surface area contributed by atoms with Crippen LogP contribution in [0.3, 0.4) is 0 Å². The van der Waals surface area contributed by atoms with E-state index in [1.807, 2.05) is 18.0 Å². The summed E-state index contributed by atoms with van der Waals surface area (Å²) < 4.78 is 0. The number of nitrogens with one attached hydrogen (secondary N) is 1. The molecule has 2 nitrogen and oxygen atoms in total. The molecule has 0 aromatic carbocycles. The van der Waals surface area contributed by atoms with Crippen LogP contribution >= 0.6 is 11.8 Å². The number of imidazole rings is 1. The number of thioether (sulfide) groups is 1. The molecule has 1 aromatic heterocycles. The molecule has 0 spiro atoms. The third kappa shape index (κ3) is 3.46. The van der Waals surface area contributed by atoms with E-state index in [1.54, 1.807) is 6.20 Å². The lowest BCUT2D eigenvalue weighted by atomic mass is 10.4. The highest BCUT2D eigenvalue weighted by Gasteiger charge is 1.93. The van der Waals surface area contributed by atoms with Crippen LogP contribution in [0.1, 0.15) is 19.2 Å². The standard InChI is InChI=1S/C8H13N2S/c1-2-3-6-11-7-8-9-4-5-10-8/h3-5H,2,6-7H2,1H3,(H,9,10). The third-order valence-corrected chi connectivity index (χ3v) is 2.27. The lowest BCUT2D eigenvalue weighted by molar-refractivity contribution is 1.09. The topological polar surface area (TPSA) is 28.7 Å². The smallest absolute Gasteiger partial charge is 0.116 e. The van der Waals surface area contributed by atoms with E-state index in [2.05, 4.69) is 23.3 Å². The summed E-state index contributed by atoms with van der Waals surface area (Å²) in [4.78, 5) is 7.19. The van der Waals surface area contributed by atoms with Crippen LogP contribution in [0.15, 0.2) is 12.4 Å². The largest absolute Gasteiger partial charge is 0.348 e. The van der Waals surface area contributed by atoms with E-state index in [4.69, 9.17) is 0 Å². The highest BCUT2D eigenvalue weighted by Crippen LogP contribution is 2.09. The molecule has 61 valence electrons. The van der Waals surface area contributed by atoms with Crippen LogP contribution in [-0.2, 0) is 5.75 Å². The number of aromatic amines is 1. The lowest BCUT2D eigenvalue weighted by Crippen LogP contribution is -1.85. The normalized spacial score (nSPS) is 10.3. The SMILES string of the molecule is CC[CH]CSCc1ncc[nH]1. The Labute approximate surface area is 71.8 Å². The minimum atomic E-state index is 0.990. The summed E-state index contributed by atoms with van der Waals surface area (Å²) in [7, 11) is 0. The predicted molar refractivity (Wildman–Crippen MR) is 49.3 cm³/mol. The van der Waals surface area contributed by atoms with Gasteiger partial charge in [-0.15, -0.1) is 0 Å². The molecule has 0 amide bonds. The average Bonchev–Trinajstić information content (AvgIpc) is 2.50. The molecule has 0 saturated carbocycles. The quantitative estimate of drug-likeness (QED) is 0.685. The first-order valence-corrected chi connectivity index (χ1v) is 4.96. The number of rotatable bonds is 5. The van der Waals surface area contributed by atoms with Crippen molar-refractivity contribution in [2.75, 3.05) is 5.75 Å². The molecule has 0 aliphatic heterocycles. The summed E-state index contributed by atoms with van der Waals surface area (Å²) in [5, 5.41) is 0. The van der Waals surface area contributed by atoms with Gasteiger partial charge in [-0.05, 0) is 12.2 Å². The first-order chi connectivity index (χ1) is 5.43. The molecular weight excluding hydrogens is 156 g/mol. The monoisotopic (exact) mass is 169 g/mol. The van der Waals surface area contributed by atoms with Crippen LogP contribution in [0.25, 0.3) is 0 Å². The molecule has 0 aliphatic rings. The van der Waals surface area contributed by atoms with Gasteiger partial charge in [0.25, 0.3) is 0 Å².